The van der Waals surface area contributed by atoms with Crippen molar-refractivity contribution in [3.05, 3.63) is 40.8 Å². The number of benzene rings is 1. The first-order valence-electron chi connectivity index (χ1n) is 8.69. The van der Waals surface area contributed by atoms with Crippen LogP contribution in [0.15, 0.2) is 35.0 Å². The number of carboxylic acid groups (broad SMARTS) is 1. The smallest absolute Gasteiger partial charge is 0.411 e. The summed E-state index contributed by atoms with van der Waals surface area (Å²) in [4.78, 5) is 13.3. The minimum atomic E-state index is -1.02. The van der Waals surface area contributed by atoms with Gasteiger partial charge in [-0.15, -0.1) is 0 Å². The van der Waals surface area contributed by atoms with Gasteiger partial charge in [-0.1, -0.05) is 6.07 Å². The lowest BCUT2D eigenvalue weighted by atomic mass is 9.91. The van der Waals surface area contributed by atoms with Crippen LogP contribution in [-0.4, -0.2) is 29.8 Å². The molecule has 2 saturated heterocycles. The number of nitrogens with zero attached hydrogens (tertiary/aromatic N) is 1. The van der Waals surface area contributed by atoms with Crippen molar-refractivity contribution in [2.24, 2.45) is 5.92 Å². The molecule has 4 rings (SSSR count). The highest BCUT2D eigenvalue weighted by Gasteiger charge is 2.35. The van der Waals surface area contributed by atoms with Gasteiger partial charge in [0.1, 0.15) is 5.82 Å². The summed E-state index contributed by atoms with van der Waals surface area (Å²) in [6.45, 7) is 0.421. The highest BCUT2D eigenvalue weighted by molar-refractivity contribution is 7.08. The van der Waals surface area contributed by atoms with Gasteiger partial charge in [-0.2, -0.15) is 11.3 Å². The van der Waals surface area contributed by atoms with E-state index in [2.05, 4.69) is 5.32 Å². The lowest BCUT2D eigenvalue weighted by Gasteiger charge is -2.33. The fourth-order valence-corrected chi connectivity index (χ4v) is 4.94. The van der Waals surface area contributed by atoms with E-state index in [4.69, 9.17) is 0 Å². The molecule has 1 aromatic heterocycles. The molecule has 2 aliphatic heterocycles. The molecule has 2 aromatic rings. The maximum atomic E-state index is 14.5. The summed E-state index contributed by atoms with van der Waals surface area (Å²) >= 11 is 1.48. The second-order valence-electron chi connectivity index (χ2n) is 7.01. The van der Waals surface area contributed by atoms with Gasteiger partial charge in [0, 0.05) is 24.2 Å². The number of anilines is 1. The van der Waals surface area contributed by atoms with Gasteiger partial charge in [-0.3, -0.25) is 4.90 Å². The number of hydrogen-bond donors (Lipinski definition) is 2. The average Bonchev–Trinajstić information content (AvgIpc) is 3.22. The van der Waals surface area contributed by atoms with E-state index in [1.807, 2.05) is 16.8 Å². The second kappa shape index (κ2) is 6.77. The summed E-state index contributed by atoms with van der Waals surface area (Å²) in [5.41, 5.74) is 1.55. The van der Waals surface area contributed by atoms with E-state index >= 15 is 0 Å². The SMILES string of the molecule is O=C(O)N(C[C@H]1C[C@H]2CC[C@@H](C1)N2)c1cccc(F)c1-c1ccsc1. The first-order chi connectivity index (χ1) is 12.1. The van der Waals surface area contributed by atoms with Gasteiger partial charge in [-0.25, -0.2) is 9.18 Å². The highest BCUT2D eigenvalue weighted by Crippen LogP contribution is 2.37. The van der Waals surface area contributed by atoms with Crippen molar-refractivity contribution in [2.45, 2.75) is 37.8 Å². The van der Waals surface area contributed by atoms with Crippen LogP contribution in [0.3, 0.4) is 0 Å². The predicted octanol–water partition coefficient (Wildman–Crippen LogP) is 4.57. The summed E-state index contributed by atoms with van der Waals surface area (Å²) in [6, 6.07) is 7.52. The Kier molecular flexibility index (Phi) is 4.48. The molecule has 3 atom stereocenters. The molecule has 0 saturated carbocycles. The van der Waals surface area contributed by atoms with Gasteiger partial charge >= 0.3 is 6.09 Å². The first-order valence-corrected chi connectivity index (χ1v) is 9.63. The summed E-state index contributed by atoms with van der Waals surface area (Å²) in [6.07, 6.45) is 3.31. The van der Waals surface area contributed by atoms with Crippen LogP contribution in [0, 0.1) is 11.7 Å². The van der Waals surface area contributed by atoms with Gasteiger partial charge < -0.3 is 10.4 Å². The van der Waals surface area contributed by atoms with Crippen LogP contribution in [0.5, 0.6) is 0 Å². The van der Waals surface area contributed by atoms with Crippen molar-refractivity contribution >= 4 is 23.1 Å². The van der Waals surface area contributed by atoms with Crippen LogP contribution < -0.4 is 10.2 Å². The van der Waals surface area contributed by atoms with Crippen molar-refractivity contribution in [3.8, 4) is 11.1 Å². The molecule has 0 radical (unpaired) electrons. The molecular formula is C19H21FN2O2S. The topological polar surface area (TPSA) is 52.6 Å². The average molecular weight is 360 g/mol. The van der Waals surface area contributed by atoms with Crippen LogP contribution in [0.4, 0.5) is 14.9 Å². The minimum Gasteiger partial charge on any atom is -0.465 e. The van der Waals surface area contributed by atoms with Gasteiger partial charge in [-0.05, 0) is 66.1 Å². The molecule has 2 fully saturated rings. The number of fused-ring (bicyclic) bond motifs is 2. The number of nitrogens with one attached hydrogen (secondary N) is 1. The summed E-state index contributed by atoms with van der Waals surface area (Å²) < 4.78 is 14.5. The van der Waals surface area contributed by atoms with E-state index in [1.165, 1.54) is 35.1 Å². The molecule has 0 aliphatic carbocycles. The number of halogens is 1. The van der Waals surface area contributed by atoms with Crippen molar-refractivity contribution in [1.82, 2.24) is 5.32 Å². The number of piperidine rings is 1. The summed E-state index contributed by atoms with van der Waals surface area (Å²) in [7, 11) is 0. The van der Waals surface area contributed by atoms with Crippen LogP contribution in [0.1, 0.15) is 25.7 Å². The van der Waals surface area contributed by atoms with Gasteiger partial charge in [0.15, 0.2) is 0 Å². The van der Waals surface area contributed by atoms with Crippen molar-refractivity contribution in [1.29, 1.82) is 0 Å². The lowest BCUT2D eigenvalue weighted by Crippen LogP contribution is -2.43. The Morgan fingerprint density at radius 1 is 1.28 bits per heavy atom. The number of rotatable bonds is 4. The van der Waals surface area contributed by atoms with E-state index in [9.17, 15) is 14.3 Å². The first kappa shape index (κ1) is 16.5. The van der Waals surface area contributed by atoms with Crippen LogP contribution in [0.2, 0.25) is 0 Å². The Hall–Kier alpha value is -1.92. The van der Waals surface area contributed by atoms with Gasteiger partial charge in [0.2, 0.25) is 0 Å². The molecule has 2 bridgehead atoms. The maximum Gasteiger partial charge on any atom is 0.411 e. The number of thiophene rings is 1. The van der Waals surface area contributed by atoms with E-state index in [1.54, 1.807) is 12.1 Å². The van der Waals surface area contributed by atoms with Crippen molar-refractivity contribution in [3.63, 3.8) is 0 Å². The fourth-order valence-electron chi connectivity index (χ4n) is 4.29. The number of carbonyl (C=O) groups is 1. The molecule has 0 unspecified atom stereocenters. The van der Waals surface area contributed by atoms with E-state index in [0.29, 0.717) is 35.8 Å². The summed E-state index contributed by atoms with van der Waals surface area (Å²) in [5.74, 6) is -0.0685. The van der Waals surface area contributed by atoms with Gasteiger partial charge in [0.25, 0.3) is 0 Å². The van der Waals surface area contributed by atoms with Crippen molar-refractivity contribution < 1.29 is 14.3 Å². The largest absolute Gasteiger partial charge is 0.465 e. The van der Waals surface area contributed by atoms with Crippen LogP contribution in [-0.2, 0) is 0 Å². The number of hydrogen-bond acceptors (Lipinski definition) is 3. The molecule has 4 nitrogen and oxygen atoms in total. The molecule has 2 N–H and O–H groups in total. The molecule has 6 heteroatoms. The van der Waals surface area contributed by atoms with E-state index < -0.39 is 6.09 Å². The third-order valence-electron chi connectivity index (χ3n) is 5.33. The molecule has 1 aromatic carbocycles. The van der Waals surface area contributed by atoms with Crippen molar-refractivity contribution in [2.75, 3.05) is 11.4 Å². The zero-order valence-electron chi connectivity index (χ0n) is 13.8. The molecule has 25 heavy (non-hydrogen) atoms. The third-order valence-corrected chi connectivity index (χ3v) is 6.02. The molecule has 132 valence electrons. The highest BCUT2D eigenvalue weighted by atomic mass is 32.1. The second-order valence-corrected chi connectivity index (χ2v) is 7.79. The summed E-state index contributed by atoms with van der Waals surface area (Å²) in [5, 5.41) is 17.1. The molecular weight excluding hydrogens is 339 g/mol. The maximum absolute atomic E-state index is 14.5. The Morgan fingerprint density at radius 3 is 2.68 bits per heavy atom. The number of amides is 1. The van der Waals surface area contributed by atoms with Gasteiger partial charge in [0.05, 0.1) is 5.69 Å². The quantitative estimate of drug-likeness (QED) is 0.840. The molecule has 1 amide bonds. The lowest BCUT2D eigenvalue weighted by molar-refractivity contribution is 0.198. The van der Waals surface area contributed by atoms with Crippen LogP contribution >= 0.6 is 11.3 Å². The minimum absolute atomic E-state index is 0.313. The Labute approximate surface area is 150 Å². The standard InChI is InChI=1S/C19H21FN2O2S/c20-16-2-1-3-17(18(16)13-6-7-25-11-13)22(19(23)24)10-12-8-14-4-5-15(9-12)21-14/h1-3,6-7,11-12,14-15,21H,4-5,8-10H2,(H,23,24)/t12-,14+,15-. The Balaban J connectivity index is 1.65. The predicted molar refractivity (Wildman–Crippen MR) is 97.8 cm³/mol. The third kappa shape index (κ3) is 3.28. The molecule has 3 heterocycles. The molecule has 2 aliphatic rings. The molecule has 0 spiro atoms. The monoisotopic (exact) mass is 360 g/mol. The Morgan fingerprint density at radius 2 is 2.04 bits per heavy atom. The fraction of sp³-hybridized carbons (Fsp3) is 0.421. The zero-order chi connectivity index (χ0) is 17.4. The van der Waals surface area contributed by atoms with Crippen LogP contribution in [0.25, 0.3) is 11.1 Å². The van der Waals surface area contributed by atoms with E-state index in [-0.39, 0.29) is 5.82 Å². The Bertz CT molecular complexity index is 753. The van der Waals surface area contributed by atoms with E-state index in [0.717, 1.165) is 18.4 Å². The zero-order valence-corrected chi connectivity index (χ0v) is 14.6. The normalized spacial score (nSPS) is 25.1.